The first kappa shape index (κ1) is 18.8. The summed E-state index contributed by atoms with van der Waals surface area (Å²) >= 11 is 0. The van der Waals surface area contributed by atoms with Crippen LogP contribution in [0.15, 0.2) is 30.3 Å². The lowest BCUT2D eigenvalue weighted by Crippen LogP contribution is -3.11. The van der Waals surface area contributed by atoms with Gasteiger partial charge in [0.05, 0.1) is 6.54 Å². The fourth-order valence-electron chi connectivity index (χ4n) is 4.57. The van der Waals surface area contributed by atoms with Gasteiger partial charge in [0, 0.05) is 24.1 Å². The van der Waals surface area contributed by atoms with Gasteiger partial charge in [0.15, 0.2) is 18.0 Å². The Hall–Kier alpha value is -2.53. The maximum atomic E-state index is 12.8. The molecule has 1 fully saturated rings. The molecule has 1 unspecified atom stereocenters. The molecule has 5 heteroatoms. The Morgan fingerprint density at radius 3 is 2.54 bits per heavy atom. The van der Waals surface area contributed by atoms with Crippen molar-refractivity contribution in [2.75, 3.05) is 31.6 Å². The number of hydrogen-bond donors (Lipinski definition) is 2. The topological polar surface area (TPSA) is 52.0 Å². The summed E-state index contributed by atoms with van der Waals surface area (Å²) in [5, 5.41) is 3.15. The largest absolute Gasteiger partial charge is 0.486 e. The highest BCUT2D eigenvalue weighted by molar-refractivity contribution is 5.93. The fourth-order valence-corrected chi connectivity index (χ4v) is 4.57. The second-order valence-corrected chi connectivity index (χ2v) is 8.00. The Morgan fingerprint density at radius 1 is 1.07 bits per heavy atom. The van der Waals surface area contributed by atoms with Crippen LogP contribution in [0.25, 0.3) is 0 Å². The standard InChI is InChI=1S/C23H28N2O3/c1-15-11-16(2)23(17(3)12-15)24-22(26)14-25-8-4-5-19(25)18-6-7-20-21(13-18)28-10-9-27-20/h6-7,11-13,19H,4-5,8-10,14H2,1-3H3,(H,24,26)/p+1/t19-/m0/s1. The van der Waals surface area contributed by atoms with E-state index in [1.165, 1.54) is 16.0 Å². The predicted octanol–water partition coefficient (Wildman–Crippen LogP) is 2.74. The van der Waals surface area contributed by atoms with E-state index in [1.54, 1.807) is 0 Å². The molecule has 28 heavy (non-hydrogen) atoms. The van der Waals surface area contributed by atoms with Crippen molar-refractivity contribution in [2.45, 2.75) is 39.7 Å². The average molecular weight is 381 g/mol. The van der Waals surface area contributed by atoms with Crippen LogP contribution in [-0.2, 0) is 4.79 Å². The van der Waals surface area contributed by atoms with Crippen molar-refractivity contribution >= 4 is 11.6 Å². The van der Waals surface area contributed by atoms with Gasteiger partial charge in [-0.25, -0.2) is 0 Å². The summed E-state index contributed by atoms with van der Waals surface area (Å²) in [6.07, 6.45) is 2.22. The Balaban J connectivity index is 1.46. The third-order valence-corrected chi connectivity index (χ3v) is 5.78. The van der Waals surface area contributed by atoms with Crippen LogP contribution in [0.4, 0.5) is 5.69 Å². The number of amides is 1. The van der Waals surface area contributed by atoms with Crippen LogP contribution in [-0.4, -0.2) is 32.2 Å². The number of aryl methyl sites for hydroxylation is 3. The number of carbonyl (C=O) groups excluding carboxylic acids is 1. The first-order chi connectivity index (χ1) is 13.5. The maximum Gasteiger partial charge on any atom is 0.279 e. The minimum absolute atomic E-state index is 0.0782. The molecular weight excluding hydrogens is 352 g/mol. The molecule has 0 radical (unpaired) electrons. The molecular formula is C23H29N2O3+. The van der Waals surface area contributed by atoms with Crippen LogP contribution < -0.4 is 19.7 Å². The number of ether oxygens (including phenoxy) is 2. The lowest BCUT2D eigenvalue weighted by atomic mass is 10.0. The molecule has 0 aliphatic carbocycles. The van der Waals surface area contributed by atoms with Crippen LogP contribution in [0.2, 0.25) is 0 Å². The van der Waals surface area contributed by atoms with Gasteiger partial charge < -0.3 is 19.7 Å². The number of benzene rings is 2. The van der Waals surface area contributed by atoms with E-state index >= 15 is 0 Å². The molecule has 0 aromatic heterocycles. The second kappa shape index (κ2) is 7.84. The molecule has 1 amide bonds. The smallest absolute Gasteiger partial charge is 0.279 e. The van der Waals surface area contributed by atoms with Crippen LogP contribution in [0.5, 0.6) is 11.5 Å². The highest BCUT2D eigenvalue weighted by Gasteiger charge is 2.32. The van der Waals surface area contributed by atoms with Gasteiger partial charge in [0.1, 0.15) is 19.3 Å². The monoisotopic (exact) mass is 381 g/mol. The zero-order chi connectivity index (χ0) is 19.7. The zero-order valence-corrected chi connectivity index (χ0v) is 16.9. The summed E-state index contributed by atoms with van der Waals surface area (Å²) in [5.41, 5.74) is 5.63. The molecule has 1 saturated heterocycles. The Morgan fingerprint density at radius 2 is 1.79 bits per heavy atom. The summed E-state index contributed by atoms with van der Waals surface area (Å²) in [7, 11) is 0. The average Bonchev–Trinajstić information content (AvgIpc) is 3.12. The predicted molar refractivity (Wildman–Crippen MR) is 109 cm³/mol. The number of likely N-dealkylation sites (tertiary alicyclic amines) is 1. The van der Waals surface area contributed by atoms with Crippen molar-refractivity contribution in [1.29, 1.82) is 0 Å². The van der Waals surface area contributed by atoms with Gasteiger partial charge >= 0.3 is 0 Å². The number of fused-ring (bicyclic) bond motifs is 1. The van der Waals surface area contributed by atoms with Crippen molar-refractivity contribution in [1.82, 2.24) is 0 Å². The van der Waals surface area contributed by atoms with Gasteiger partial charge in [-0.1, -0.05) is 17.7 Å². The van der Waals surface area contributed by atoms with E-state index in [2.05, 4.69) is 50.4 Å². The lowest BCUT2D eigenvalue weighted by Gasteiger charge is -2.24. The van der Waals surface area contributed by atoms with E-state index in [4.69, 9.17) is 9.47 Å². The quantitative estimate of drug-likeness (QED) is 0.856. The van der Waals surface area contributed by atoms with E-state index in [-0.39, 0.29) is 5.91 Å². The van der Waals surface area contributed by atoms with E-state index in [1.807, 2.05) is 6.07 Å². The van der Waals surface area contributed by atoms with Crippen molar-refractivity contribution in [3.63, 3.8) is 0 Å². The van der Waals surface area contributed by atoms with E-state index < -0.39 is 0 Å². The SMILES string of the molecule is Cc1cc(C)c(NC(=O)C[NH+]2CCC[C@H]2c2ccc3c(c2)OCCO3)c(C)c1. The first-order valence-electron chi connectivity index (χ1n) is 10.1. The molecule has 148 valence electrons. The van der Waals surface area contributed by atoms with Gasteiger partial charge in [-0.2, -0.15) is 0 Å². The normalized spacial score (nSPS) is 20.8. The van der Waals surface area contributed by atoms with E-state index in [0.29, 0.717) is 25.8 Å². The van der Waals surface area contributed by atoms with Crippen LogP contribution in [0.1, 0.15) is 41.1 Å². The Bertz CT molecular complexity index is 870. The summed E-state index contributed by atoms with van der Waals surface area (Å²) in [4.78, 5) is 14.1. The number of nitrogens with one attached hydrogen (secondary N) is 2. The molecule has 2 aromatic rings. The van der Waals surface area contributed by atoms with Gasteiger partial charge in [-0.05, 0) is 50.1 Å². The van der Waals surface area contributed by atoms with Crippen molar-refractivity contribution in [2.24, 2.45) is 0 Å². The summed E-state index contributed by atoms with van der Waals surface area (Å²) in [5.74, 6) is 1.72. The number of quaternary nitrogens is 1. The molecule has 0 spiro atoms. The first-order valence-corrected chi connectivity index (χ1v) is 10.1. The zero-order valence-electron chi connectivity index (χ0n) is 16.9. The molecule has 0 bridgehead atoms. The third kappa shape index (κ3) is 3.85. The molecule has 2 heterocycles. The summed E-state index contributed by atoms with van der Waals surface area (Å²) < 4.78 is 11.4. The Labute approximate surface area is 166 Å². The molecule has 2 aliphatic heterocycles. The second-order valence-electron chi connectivity index (χ2n) is 8.00. The van der Waals surface area contributed by atoms with Gasteiger partial charge in [0.2, 0.25) is 0 Å². The van der Waals surface area contributed by atoms with Crippen molar-refractivity contribution < 1.29 is 19.2 Å². The summed E-state index contributed by atoms with van der Waals surface area (Å²) in [6.45, 7) is 8.87. The number of carbonyl (C=O) groups is 1. The minimum Gasteiger partial charge on any atom is -0.486 e. The van der Waals surface area contributed by atoms with Gasteiger partial charge in [0.25, 0.3) is 5.91 Å². The highest BCUT2D eigenvalue weighted by atomic mass is 16.6. The molecule has 4 rings (SSSR count). The van der Waals surface area contributed by atoms with Gasteiger partial charge in [-0.15, -0.1) is 0 Å². The fraction of sp³-hybridized carbons (Fsp3) is 0.435. The number of hydrogen-bond acceptors (Lipinski definition) is 3. The minimum atomic E-state index is 0.0782. The number of anilines is 1. The molecule has 2 atom stereocenters. The van der Waals surface area contributed by atoms with Gasteiger partial charge in [-0.3, -0.25) is 4.79 Å². The molecule has 2 aliphatic rings. The van der Waals surface area contributed by atoms with Crippen molar-refractivity contribution in [3.05, 3.63) is 52.6 Å². The Kier molecular flexibility index (Phi) is 5.27. The lowest BCUT2D eigenvalue weighted by molar-refractivity contribution is -0.910. The van der Waals surface area contributed by atoms with E-state index in [9.17, 15) is 4.79 Å². The molecule has 2 aromatic carbocycles. The molecule has 0 saturated carbocycles. The molecule has 5 nitrogen and oxygen atoms in total. The van der Waals surface area contributed by atoms with Crippen LogP contribution >= 0.6 is 0 Å². The highest BCUT2D eigenvalue weighted by Crippen LogP contribution is 2.33. The maximum absolute atomic E-state index is 12.8. The third-order valence-electron chi connectivity index (χ3n) is 5.78. The molecule has 2 N–H and O–H groups in total. The van der Waals surface area contributed by atoms with E-state index in [0.717, 1.165) is 47.7 Å². The van der Waals surface area contributed by atoms with Crippen LogP contribution in [0.3, 0.4) is 0 Å². The number of rotatable bonds is 4. The summed E-state index contributed by atoms with van der Waals surface area (Å²) in [6, 6.07) is 10.8. The van der Waals surface area contributed by atoms with Crippen molar-refractivity contribution in [3.8, 4) is 11.5 Å². The van der Waals surface area contributed by atoms with Crippen LogP contribution in [0, 0.1) is 20.8 Å².